The van der Waals surface area contributed by atoms with Gasteiger partial charge in [-0.1, -0.05) is 12.1 Å². The topological polar surface area (TPSA) is 92.3 Å². The first kappa shape index (κ1) is 16.1. The number of rotatable bonds is 3. The molecule has 0 radical (unpaired) electrons. The number of aryl methyl sites for hydroxylation is 1. The van der Waals surface area contributed by atoms with Crippen LogP contribution in [0.25, 0.3) is 21.8 Å². The number of nitrogens with zero attached hydrogens (tertiary/aromatic N) is 3. The number of H-pyrrole nitrogens is 1. The lowest BCUT2D eigenvalue weighted by Crippen LogP contribution is -2.17. The first-order valence-electron chi connectivity index (χ1n) is 7.11. The highest BCUT2D eigenvalue weighted by Gasteiger charge is 2.17. The van der Waals surface area contributed by atoms with E-state index in [-0.39, 0.29) is 22.6 Å². The largest absolute Gasteiger partial charge is 0.478 e. The van der Waals surface area contributed by atoms with Gasteiger partial charge in [0, 0.05) is 11.9 Å². The van der Waals surface area contributed by atoms with Crippen LogP contribution in [0, 0.1) is 19.3 Å². The minimum absolute atomic E-state index is 0.00268. The fourth-order valence-corrected chi connectivity index (χ4v) is 2.45. The van der Waals surface area contributed by atoms with Crippen LogP contribution in [-0.2, 0) is 0 Å². The maximum absolute atomic E-state index is 13.8. The van der Waals surface area contributed by atoms with E-state index >= 15 is 0 Å². The van der Waals surface area contributed by atoms with Crippen LogP contribution in [0.3, 0.4) is 0 Å². The number of hydrogen-bond donors (Lipinski definition) is 2. The number of hydrogen-bond acceptors (Lipinski definition) is 3. The predicted molar refractivity (Wildman–Crippen MR) is 87.5 cm³/mol. The molecule has 8 heteroatoms. The first-order chi connectivity index (χ1) is 11.9. The number of aromatic amines is 1. The molecule has 0 aliphatic rings. The zero-order valence-electron chi connectivity index (χ0n) is 12.9. The molecule has 2 aromatic heterocycles. The van der Waals surface area contributed by atoms with Gasteiger partial charge in [0.25, 0.3) is 5.56 Å². The zero-order chi connectivity index (χ0) is 18.1. The molecule has 7 nitrogen and oxygen atoms in total. The monoisotopic (exact) mass is 338 g/mol. The van der Waals surface area contributed by atoms with Crippen LogP contribution >= 0.6 is 0 Å². The van der Waals surface area contributed by atoms with E-state index in [9.17, 15) is 14.0 Å². The van der Waals surface area contributed by atoms with Gasteiger partial charge in [-0.2, -0.15) is 0 Å². The molecule has 25 heavy (non-hydrogen) atoms. The Balaban J connectivity index is 2.10. The van der Waals surface area contributed by atoms with Crippen LogP contribution in [0.1, 0.15) is 16.1 Å². The highest BCUT2D eigenvalue weighted by atomic mass is 19.1. The minimum atomic E-state index is -1.12. The van der Waals surface area contributed by atoms with Crippen LogP contribution in [0.15, 0.2) is 41.3 Å². The maximum atomic E-state index is 13.8. The Labute approximate surface area is 140 Å². The first-order valence-corrected chi connectivity index (χ1v) is 7.11. The molecule has 124 valence electrons. The molecule has 0 saturated carbocycles. The normalized spacial score (nSPS) is 10.4. The molecule has 0 aliphatic carbocycles. The van der Waals surface area contributed by atoms with Gasteiger partial charge >= 0.3 is 5.97 Å². The SMILES string of the molecule is [C-]#[N+]c1ccc(-c2c(C)[nH]n(-c3ccc(C(=O)O)cn3)c2=O)cc1F. The number of carbonyl (C=O) groups is 1. The fraction of sp³-hybridized carbons (Fsp3) is 0.0588. The summed E-state index contributed by atoms with van der Waals surface area (Å²) in [6, 6.07) is 6.67. The van der Waals surface area contributed by atoms with Crippen LogP contribution in [-0.4, -0.2) is 25.8 Å². The lowest BCUT2D eigenvalue weighted by Gasteiger charge is -2.01. The third-order valence-electron chi connectivity index (χ3n) is 3.65. The molecule has 0 fully saturated rings. The van der Waals surface area contributed by atoms with Crippen LogP contribution in [0.4, 0.5) is 10.1 Å². The van der Waals surface area contributed by atoms with Crippen molar-refractivity contribution in [3.05, 3.63) is 75.4 Å². The van der Waals surface area contributed by atoms with Crippen molar-refractivity contribution in [1.82, 2.24) is 14.8 Å². The van der Waals surface area contributed by atoms with E-state index in [4.69, 9.17) is 11.7 Å². The predicted octanol–water partition coefficient (Wildman–Crippen LogP) is 2.92. The van der Waals surface area contributed by atoms with E-state index in [0.717, 1.165) is 16.9 Å². The van der Waals surface area contributed by atoms with Crippen molar-refractivity contribution in [2.45, 2.75) is 6.92 Å². The summed E-state index contributed by atoms with van der Waals surface area (Å²) < 4.78 is 15.0. The summed E-state index contributed by atoms with van der Waals surface area (Å²) in [5.41, 5.74) is 0.497. The average Bonchev–Trinajstić information content (AvgIpc) is 2.89. The Kier molecular flexibility index (Phi) is 3.91. The van der Waals surface area contributed by atoms with Gasteiger partial charge in [0.2, 0.25) is 5.69 Å². The van der Waals surface area contributed by atoms with Gasteiger partial charge in [-0.15, -0.1) is 0 Å². The summed E-state index contributed by atoms with van der Waals surface area (Å²) in [5.74, 6) is -1.62. The number of carboxylic acids is 1. The number of carboxylic acid groups (broad SMARTS) is 1. The maximum Gasteiger partial charge on any atom is 0.337 e. The fourth-order valence-electron chi connectivity index (χ4n) is 2.45. The summed E-state index contributed by atoms with van der Waals surface area (Å²) in [4.78, 5) is 30.5. The van der Waals surface area contributed by atoms with Gasteiger partial charge in [0.15, 0.2) is 5.82 Å². The molecular weight excluding hydrogens is 327 g/mol. The van der Waals surface area contributed by atoms with Crippen LogP contribution < -0.4 is 5.56 Å². The van der Waals surface area contributed by atoms with Gasteiger partial charge in [-0.3, -0.25) is 9.89 Å². The van der Waals surface area contributed by atoms with Gasteiger partial charge < -0.3 is 5.11 Å². The quantitative estimate of drug-likeness (QED) is 0.718. The highest BCUT2D eigenvalue weighted by Crippen LogP contribution is 2.26. The Bertz CT molecular complexity index is 1070. The van der Waals surface area contributed by atoms with Crippen LogP contribution in [0.2, 0.25) is 0 Å². The lowest BCUT2D eigenvalue weighted by molar-refractivity contribution is 0.0696. The van der Waals surface area contributed by atoms with E-state index in [1.807, 2.05) is 0 Å². The molecule has 1 aromatic carbocycles. The molecule has 0 spiro atoms. The summed E-state index contributed by atoms with van der Waals surface area (Å²) in [7, 11) is 0. The molecular formula is C17H11FN4O3. The minimum Gasteiger partial charge on any atom is -0.478 e. The van der Waals surface area contributed by atoms with Crippen LogP contribution in [0.5, 0.6) is 0 Å². The van der Waals surface area contributed by atoms with E-state index in [1.165, 1.54) is 24.3 Å². The molecule has 0 saturated heterocycles. The molecule has 2 N–H and O–H groups in total. The van der Waals surface area contributed by atoms with E-state index in [2.05, 4.69) is 14.9 Å². The molecule has 0 aliphatic heterocycles. The Morgan fingerprint density at radius 3 is 2.68 bits per heavy atom. The standard InChI is InChI=1S/C17H11FN4O3/c1-9-15(10-3-5-13(19-2)12(18)7-10)16(23)22(21-9)14-6-4-11(8-20-14)17(24)25/h3-8,21H,1H3,(H,24,25). The Morgan fingerprint density at radius 1 is 1.36 bits per heavy atom. The number of halogens is 1. The van der Waals surface area contributed by atoms with E-state index in [1.54, 1.807) is 6.92 Å². The number of pyridine rings is 1. The van der Waals surface area contributed by atoms with Crippen molar-refractivity contribution in [3.63, 3.8) is 0 Å². The average molecular weight is 338 g/mol. The summed E-state index contributed by atoms with van der Waals surface area (Å²) in [6.45, 7) is 8.52. The second-order valence-corrected chi connectivity index (χ2v) is 5.24. The number of aromatic nitrogens is 3. The Morgan fingerprint density at radius 2 is 2.12 bits per heavy atom. The third kappa shape index (κ3) is 2.79. The smallest absolute Gasteiger partial charge is 0.337 e. The molecule has 3 rings (SSSR count). The molecule has 0 bridgehead atoms. The van der Waals surface area contributed by atoms with E-state index < -0.39 is 17.3 Å². The van der Waals surface area contributed by atoms with Gasteiger partial charge in [0.05, 0.1) is 17.7 Å². The van der Waals surface area contributed by atoms with Crippen molar-refractivity contribution in [1.29, 1.82) is 0 Å². The Hall–Kier alpha value is -3.73. The third-order valence-corrected chi connectivity index (χ3v) is 3.65. The molecule has 0 amide bonds. The summed E-state index contributed by atoms with van der Waals surface area (Å²) in [6.07, 6.45) is 1.14. The second kappa shape index (κ2) is 6.05. The van der Waals surface area contributed by atoms with E-state index in [0.29, 0.717) is 11.3 Å². The lowest BCUT2D eigenvalue weighted by atomic mass is 10.1. The zero-order valence-corrected chi connectivity index (χ0v) is 12.9. The summed E-state index contributed by atoms with van der Waals surface area (Å²) >= 11 is 0. The van der Waals surface area contributed by atoms with Crippen molar-refractivity contribution in [2.75, 3.05) is 0 Å². The van der Waals surface area contributed by atoms with Gasteiger partial charge in [-0.05, 0) is 30.7 Å². The molecule has 0 atom stereocenters. The van der Waals surface area contributed by atoms with Crippen molar-refractivity contribution in [3.8, 4) is 16.9 Å². The van der Waals surface area contributed by atoms with Gasteiger partial charge in [-0.25, -0.2) is 23.7 Å². The molecule has 3 aromatic rings. The highest BCUT2D eigenvalue weighted by molar-refractivity contribution is 5.87. The second-order valence-electron chi connectivity index (χ2n) is 5.24. The van der Waals surface area contributed by atoms with Gasteiger partial charge in [0.1, 0.15) is 5.82 Å². The summed E-state index contributed by atoms with van der Waals surface area (Å²) in [5, 5.41) is 11.7. The molecule has 2 heterocycles. The number of benzene rings is 1. The number of nitrogens with one attached hydrogen (secondary N) is 1. The molecule has 0 unspecified atom stereocenters. The van der Waals surface area contributed by atoms with Crippen molar-refractivity contribution in [2.24, 2.45) is 0 Å². The van der Waals surface area contributed by atoms with Crippen molar-refractivity contribution < 1.29 is 14.3 Å². The number of aromatic carboxylic acids is 1. The van der Waals surface area contributed by atoms with Crippen molar-refractivity contribution >= 4 is 11.7 Å².